The number of benzene rings is 1. The maximum atomic E-state index is 8.96. The Morgan fingerprint density at radius 3 is 2.62 bits per heavy atom. The topological polar surface area (TPSA) is 48.7 Å². The average Bonchev–Trinajstić information content (AvgIpc) is 2.33. The summed E-state index contributed by atoms with van der Waals surface area (Å²) in [4.78, 5) is 4.19. The molecule has 0 atom stereocenters. The zero-order chi connectivity index (χ0) is 11.4. The number of pyridine rings is 1. The third-order valence-corrected chi connectivity index (χ3v) is 2.32. The van der Waals surface area contributed by atoms with E-state index >= 15 is 0 Å². The van der Waals surface area contributed by atoms with Gasteiger partial charge in [0.1, 0.15) is 6.07 Å². The van der Waals surface area contributed by atoms with Crippen LogP contribution in [0.4, 0.5) is 11.4 Å². The van der Waals surface area contributed by atoms with Gasteiger partial charge in [-0.2, -0.15) is 5.26 Å². The molecule has 1 aromatic heterocycles. The fourth-order valence-electron chi connectivity index (χ4n) is 1.45. The first-order valence-electron chi connectivity index (χ1n) is 4.99. The van der Waals surface area contributed by atoms with Crippen LogP contribution in [0.15, 0.2) is 42.6 Å². The Morgan fingerprint density at radius 2 is 1.88 bits per heavy atom. The minimum absolute atomic E-state index is 0.630. The van der Waals surface area contributed by atoms with E-state index in [0.29, 0.717) is 5.56 Å². The molecule has 0 fully saturated rings. The lowest BCUT2D eigenvalue weighted by Crippen LogP contribution is -1.96. The molecule has 3 heteroatoms. The zero-order valence-electron chi connectivity index (χ0n) is 8.94. The van der Waals surface area contributed by atoms with Gasteiger partial charge in [-0.1, -0.05) is 12.1 Å². The normalized spacial score (nSPS) is 9.50. The molecular formula is C13H11N3. The fourth-order valence-corrected chi connectivity index (χ4v) is 1.45. The van der Waals surface area contributed by atoms with Crippen LogP contribution < -0.4 is 5.32 Å². The number of aromatic nitrogens is 1. The number of hydrogen-bond donors (Lipinski definition) is 1. The number of hydrogen-bond acceptors (Lipinski definition) is 3. The molecule has 16 heavy (non-hydrogen) atoms. The lowest BCUT2D eigenvalue weighted by molar-refractivity contribution is 1.20. The van der Waals surface area contributed by atoms with E-state index in [2.05, 4.69) is 16.4 Å². The van der Waals surface area contributed by atoms with Gasteiger partial charge in [-0.3, -0.25) is 4.98 Å². The Labute approximate surface area is 94.4 Å². The summed E-state index contributed by atoms with van der Waals surface area (Å²) in [5, 5.41) is 12.2. The monoisotopic (exact) mass is 209 g/mol. The van der Waals surface area contributed by atoms with Gasteiger partial charge in [0.15, 0.2) is 0 Å². The predicted molar refractivity (Wildman–Crippen MR) is 63.4 cm³/mol. The largest absolute Gasteiger partial charge is 0.353 e. The summed E-state index contributed by atoms with van der Waals surface area (Å²) in [6.45, 7) is 1.93. The third-order valence-electron chi connectivity index (χ3n) is 2.32. The Bertz CT molecular complexity index is 541. The SMILES string of the molecule is Cc1ncccc1Nc1ccccc1C#N. The van der Waals surface area contributed by atoms with Crippen LogP contribution >= 0.6 is 0 Å². The van der Waals surface area contributed by atoms with Crippen LogP contribution in [0.25, 0.3) is 0 Å². The van der Waals surface area contributed by atoms with Gasteiger partial charge in [0.25, 0.3) is 0 Å². The minimum atomic E-state index is 0.630. The number of nitriles is 1. The molecule has 0 saturated heterocycles. The van der Waals surface area contributed by atoms with Crippen molar-refractivity contribution in [2.24, 2.45) is 0 Å². The summed E-state index contributed by atoms with van der Waals surface area (Å²) in [5.41, 5.74) is 3.27. The molecule has 2 aromatic rings. The van der Waals surface area contributed by atoms with Crippen molar-refractivity contribution in [3.05, 3.63) is 53.9 Å². The van der Waals surface area contributed by atoms with Crippen molar-refractivity contribution in [3.63, 3.8) is 0 Å². The molecule has 1 aromatic carbocycles. The van der Waals surface area contributed by atoms with Crippen molar-refractivity contribution in [3.8, 4) is 6.07 Å². The highest BCUT2D eigenvalue weighted by Gasteiger charge is 2.02. The van der Waals surface area contributed by atoms with Crippen LogP contribution in [0.1, 0.15) is 11.3 Å². The fraction of sp³-hybridized carbons (Fsp3) is 0.0769. The second kappa shape index (κ2) is 4.45. The van der Waals surface area contributed by atoms with Gasteiger partial charge in [-0.25, -0.2) is 0 Å². The molecule has 1 N–H and O–H groups in total. The second-order valence-electron chi connectivity index (χ2n) is 3.42. The Morgan fingerprint density at radius 1 is 1.12 bits per heavy atom. The second-order valence-corrected chi connectivity index (χ2v) is 3.42. The molecular weight excluding hydrogens is 198 g/mol. The number of anilines is 2. The van der Waals surface area contributed by atoms with Crippen molar-refractivity contribution < 1.29 is 0 Å². The molecule has 0 aliphatic rings. The summed E-state index contributed by atoms with van der Waals surface area (Å²) in [7, 11) is 0. The first-order valence-corrected chi connectivity index (χ1v) is 4.99. The van der Waals surface area contributed by atoms with Crippen LogP contribution in [-0.4, -0.2) is 4.98 Å². The van der Waals surface area contributed by atoms with Crippen LogP contribution in [0.3, 0.4) is 0 Å². The molecule has 1 heterocycles. The first-order chi connectivity index (χ1) is 7.81. The maximum absolute atomic E-state index is 8.96. The first kappa shape index (κ1) is 10.2. The van der Waals surface area contributed by atoms with Crippen LogP contribution in [0.2, 0.25) is 0 Å². The highest BCUT2D eigenvalue weighted by molar-refractivity contribution is 5.67. The lowest BCUT2D eigenvalue weighted by atomic mass is 10.2. The van der Waals surface area contributed by atoms with Crippen molar-refractivity contribution in [1.29, 1.82) is 5.26 Å². The predicted octanol–water partition coefficient (Wildman–Crippen LogP) is 3.01. The average molecular weight is 209 g/mol. The maximum Gasteiger partial charge on any atom is 0.101 e. The molecule has 0 saturated carbocycles. The van der Waals surface area contributed by atoms with E-state index < -0.39 is 0 Å². The van der Waals surface area contributed by atoms with Crippen molar-refractivity contribution in [2.45, 2.75) is 6.92 Å². The Hall–Kier alpha value is -2.34. The number of nitrogens with one attached hydrogen (secondary N) is 1. The number of nitrogens with zero attached hydrogens (tertiary/aromatic N) is 2. The summed E-state index contributed by atoms with van der Waals surface area (Å²) < 4.78 is 0. The molecule has 0 unspecified atom stereocenters. The van der Waals surface area contributed by atoms with Crippen molar-refractivity contribution in [2.75, 3.05) is 5.32 Å². The van der Waals surface area contributed by atoms with E-state index in [1.54, 1.807) is 12.3 Å². The summed E-state index contributed by atoms with van der Waals surface area (Å²) >= 11 is 0. The Balaban J connectivity index is 2.35. The summed E-state index contributed by atoms with van der Waals surface area (Å²) in [5.74, 6) is 0. The van der Waals surface area contributed by atoms with E-state index in [0.717, 1.165) is 17.1 Å². The quantitative estimate of drug-likeness (QED) is 0.827. The van der Waals surface area contributed by atoms with Gasteiger partial charge in [0.2, 0.25) is 0 Å². The standard InChI is InChI=1S/C13H11N3/c1-10-12(7-4-8-15-10)16-13-6-3-2-5-11(13)9-14/h2-8,16H,1H3. The van der Waals surface area contributed by atoms with Crippen LogP contribution in [-0.2, 0) is 0 Å². The van der Waals surface area contributed by atoms with Gasteiger partial charge in [-0.05, 0) is 31.2 Å². The lowest BCUT2D eigenvalue weighted by Gasteiger charge is -2.09. The van der Waals surface area contributed by atoms with Gasteiger partial charge in [0.05, 0.1) is 22.6 Å². The van der Waals surface area contributed by atoms with Crippen molar-refractivity contribution in [1.82, 2.24) is 4.98 Å². The van der Waals surface area contributed by atoms with E-state index in [4.69, 9.17) is 5.26 Å². The van der Waals surface area contributed by atoms with Gasteiger partial charge in [-0.15, -0.1) is 0 Å². The molecule has 78 valence electrons. The van der Waals surface area contributed by atoms with Crippen LogP contribution in [0.5, 0.6) is 0 Å². The minimum Gasteiger partial charge on any atom is -0.353 e. The Kier molecular flexibility index (Phi) is 2.84. The zero-order valence-corrected chi connectivity index (χ0v) is 8.94. The molecule has 0 aliphatic heterocycles. The van der Waals surface area contributed by atoms with E-state index in [-0.39, 0.29) is 0 Å². The molecule has 0 spiro atoms. The molecule has 2 rings (SSSR count). The molecule has 0 bridgehead atoms. The molecule has 0 aliphatic carbocycles. The van der Waals surface area contributed by atoms with Gasteiger partial charge >= 0.3 is 0 Å². The number of rotatable bonds is 2. The smallest absolute Gasteiger partial charge is 0.101 e. The highest BCUT2D eigenvalue weighted by atomic mass is 14.9. The molecule has 3 nitrogen and oxygen atoms in total. The van der Waals surface area contributed by atoms with Crippen LogP contribution in [0, 0.1) is 18.3 Å². The number of aryl methyl sites for hydroxylation is 1. The van der Waals surface area contributed by atoms with Gasteiger partial charge < -0.3 is 5.32 Å². The van der Waals surface area contributed by atoms with Crippen molar-refractivity contribution >= 4 is 11.4 Å². The number of para-hydroxylation sites is 1. The van der Waals surface area contributed by atoms with E-state index in [9.17, 15) is 0 Å². The summed E-state index contributed by atoms with van der Waals surface area (Å²) in [6, 6.07) is 13.4. The van der Waals surface area contributed by atoms with E-state index in [1.165, 1.54) is 0 Å². The third kappa shape index (κ3) is 2.01. The summed E-state index contributed by atoms with van der Waals surface area (Å²) in [6.07, 6.45) is 1.75. The van der Waals surface area contributed by atoms with E-state index in [1.807, 2.05) is 37.3 Å². The molecule has 0 amide bonds. The molecule has 0 radical (unpaired) electrons. The van der Waals surface area contributed by atoms with Gasteiger partial charge in [0, 0.05) is 6.20 Å². The highest BCUT2D eigenvalue weighted by Crippen LogP contribution is 2.21.